The first kappa shape index (κ1) is 12.8. The predicted molar refractivity (Wildman–Crippen MR) is 52.8 cm³/mol. The van der Waals surface area contributed by atoms with Crippen molar-refractivity contribution in [1.82, 2.24) is 4.98 Å². The lowest BCUT2D eigenvalue weighted by Gasteiger charge is -2.05. The number of halogens is 4. The van der Waals surface area contributed by atoms with Gasteiger partial charge in [-0.25, -0.2) is 4.98 Å². The highest BCUT2D eigenvalue weighted by molar-refractivity contribution is 6.29. The van der Waals surface area contributed by atoms with Gasteiger partial charge in [-0.3, -0.25) is 0 Å². The summed E-state index contributed by atoms with van der Waals surface area (Å²) in [6.45, 7) is -0.141. The molecule has 1 aromatic heterocycles. The summed E-state index contributed by atoms with van der Waals surface area (Å²) in [5, 5.41) is 8.20. The van der Waals surface area contributed by atoms with E-state index in [4.69, 9.17) is 16.7 Å². The molecule has 0 atom stereocenters. The van der Waals surface area contributed by atoms with Gasteiger partial charge in [0.25, 0.3) is 0 Å². The van der Waals surface area contributed by atoms with Crippen LogP contribution in [-0.2, 0) is 6.18 Å². The van der Waals surface area contributed by atoms with Gasteiger partial charge >= 0.3 is 6.18 Å². The van der Waals surface area contributed by atoms with Crippen LogP contribution in [0.4, 0.5) is 13.2 Å². The van der Waals surface area contributed by atoms with Crippen molar-refractivity contribution in [2.45, 2.75) is 12.6 Å². The number of hydrogen-bond donors (Lipinski definition) is 1. The second-order valence-corrected chi connectivity index (χ2v) is 3.22. The van der Waals surface area contributed by atoms with Crippen LogP contribution in [0.15, 0.2) is 12.1 Å². The van der Waals surface area contributed by atoms with Gasteiger partial charge in [0.1, 0.15) is 10.8 Å². The Morgan fingerprint density at radius 3 is 2.62 bits per heavy atom. The second kappa shape index (κ2) is 5.19. The van der Waals surface area contributed by atoms with E-state index in [0.29, 0.717) is 0 Å². The first-order valence-electron chi connectivity index (χ1n) is 4.28. The Bertz CT molecular complexity index is 434. The number of hydrogen-bond acceptors (Lipinski definition) is 2. The third-order valence-electron chi connectivity index (χ3n) is 1.55. The number of alkyl halides is 3. The van der Waals surface area contributed by atoms with E-state index in [1.54, 1.807) is 0 Å². The zero-order chi connectivity index (χ0) is 12.2. The van der Waals surface area contributed by atoms with Crippen molar-refractivity contribution in [3.8, 4) is 11.8 Å². The number of rotatable bonds is 1. The molecule has 0 amide bonds. The van der Waals surface area contributed by atoms with Crippen LogP contribution >= 0.6 is 11.6 Å². The van der Waals surface area contributed by atoms with Crippen molar-refractivity contribution in [3.63, 3.8) is 0 Å². The summed E-state index contributed by atoms with van der Waals surface area (Å²) < 4.78 is 37.0. The zero-order valence-corrected chi connectivity index (χ0v) is 8.73. The molecule has 0 fully saturated rings. The first-order valence-corrected chi connectivity index (χ1v) is 4.66. The molecule has 2 nitrogen and oxygen atoms in total. The fraction of sp³-hybridized carbons (Fsp3) is 0.300. The third kappa shape index (κ3) is 3.72. The summed E-state index contributed by atoms with van der Waals surface area (Å²) >= 11 is 5.44. The van der Waals surface area contributed by atoms with Gasteiger partial charge in [0.2, 0.25) is 0 Å². The molecule has 0 aliphatic rings. The highest BCUT2D eigenvalue weighted by Gasteiger charge is 2.33. The summed E-state index contributed by atoms with van der Waals surface area (Å²) in [4.78, 5) is 3.16. The highest BCUT2D eigenvalue weighted by Crippen LogP contribution is 2.29. The van der Waals surface area contributed by atoms with Crippen LogP contribution in [0.1, 0.15) is 17.7 Å². The van der Waals surface area contributed by atoms with Crippen LogP contribution in [0.3, 0.4) is 0 Å². The minimum absolute atomic E-state index is 0.126. The van der Waals surface area contributed by atoms with Crippen molar-refractivity contribution in [1.29, 1.82) is 0 Å². The third-order valence-corrected chi connectivity index (χ3v) is 1.75. The lowest BCUT2D eigenvalue weighted by Crippen LogP contribution is -2.08. The average Bonchev–Trinajstić information content (AvgIpc) is 2.16. The van der Waals surface area contributed by atoms with E-state index in [1.807, 2.05) is 0 Å². The van der Waals surface area contributed by atoms with Crippen molar-refractivity contribution >= 4 is 11.6 Å². The summed E-state index contributed by atoms with van der Waals surface area (Å²) in [6, 6.07) is 2.05. The summed E-state index contributed by atoms with van der Waals surface area (Å²) in [6.07, 6.45) is -4.35. The highest BCUT2D eigenvalue weighted by atomic mass is 35.5. The van der Waals surface area contributed by atoms with Crippen LogP contribution in [0, 0.1) is 11.8 Å². The van der Waals surface area contributed by atoms with Crippen molar-refractivity contribution in [2.24, 2.45) is 0 Å². The van der Waals surface area contributed by atoms with E-state index in [-0.39, 0.29) is 23.7 Å². The summed E-state index contributed by atoms with van der Waals surface area (Å²) in [5.41, 5.74) is -0.950. The maximum atomic E-state index is 12.3. The molecule has 0 aliphatic carbocycles. The summed E-state index contributed by atoms with van der Waals surface area (Å²) in [7, 11) is 0. The van der Waals surface area contributed by atoms with Gasteiger partial charge in [-0.1, -0.05) is 23.4 Å². The van der Waals surface area contributed by atoms with Crippen LogP contribution in [0.25, 0.3) is 0 Å². The molecule has 0 unspecified atom stereocenters. The molecule has 1 aromatic rings. The van der Waals surface area contributed by atoms with Crippen LogP contribution in [0.2, 0.25) is 5.15 Å². The molecule has 0 radical (unpaired) electrons. The quantitative estimate of drug-likeness (QED) is 0.613. The zero-order valence-electron chi connectivity index (χ0n) is 7.98. The average molecular weight is 250 g/mol. The van der Waals surface area contributed by atoms with E-state index in [0.717, 1.165) is 6.07 Å². The fourth-order valence-electron chi connectivity index (χ4n) is 0.935. The molecule has 0 saturated heterocycles. The molecule has 16 heavy (non-hydrogen) atoms. The monoisotopic (exact) mass is 249 g/mol. The van der Waals surface area contributed by atoms with Gasteiger partial charge in [-0.05, 0) is 12.1 Å². The van der Waals surface area contributed by atoms with E-state index in [2.05, 4.69) is 16.8 Å². The van der Waals surface area contributed by atoms with Gasteiger partial charge in [0, 0.05) is 12.0 Å². The largest absolute Gasteiger partial charge is 0.433 e. The van der Waals surface area contributed by atoms with Gasteiger partial charge in [-0.15, -0.1) is 0 Å². The Labute approximate surface area is 95.1 Å². The number of aliphatic hydroxyl groups is 1. The molecule has 0 saturated carbocycles. The maximum absolute atomic E-state index is 12.3. The van der Waals surface area contributed by atoms with Crippen LogP contribution in [0.5, 0.6) is 0 Å². The summed E-state index contributed by atoms with van der Waals surface area (Å²) in [5.74, 6) is 4.97. The van der Waals surface area contributed by atoms with E-state index in [9.17, 15) is 13.2 Å². The Morgan fingerprint density at radius 1 is 1.38 bits per heavy atom. The first-order chi connectivity index (χ1) is 7.43. The molecular formula is C10H7ClF3NO. The molecule has 0 bridgehead atoms. The van der Waals surface area contributed by atoms with E-state index >= 15 is 0 Å². The van der Waals surface area contributed by atoms with Crippen molar-refractivity contribution < 1.29 is 18.3 Å². The Hall–Kier alpha value is -1.25. The lowest BCUT2D eigenvalue weighted by molar-refractivity contribution is -0.141. The predicted octanol–water partition coefficient (Wildman–Crippen LogP) is 2.49. The molecule has 1 N–H and O–H groups in total. The Kier molecular flexibility index (Phi) is 4.16. The van der Waals surface area contributed by atoms with Crippen molar-refractivity contribution in [2.75, 3.05) is 6.61 Å². The van der Waals surface area contributed by atoms with Gasteiger partial charge in [-0.2, -0.15) is 13.2 Å². The molecule has 0 spiro atoms. The number of aromatic nitrogens is 1. The molecule has 0 aromatic carbocycles. The van der Waals surface area contributed by atoms with Gasteiger partial charge in [0.05, 0.1) is 6.61 Å². The standard InChI is InChI=1S/C10H7ClF3NO/c11-9-6-7(3-1-2-4-16)5-8(15-9)10(12,13)14/h5-6,16H,2,4H2. The van der Waals surface area contributed by atoms with Crippen LogP contribution < -0.4 is 0 Å². The van der Waals surface area contributed by atoms with E-state index in [1.165, 1.54) is 6.07 Å². The van der Waals surface area contributed by atoms with Crippen LogP contribution in [-0.4, -0.2) is 16.7 Å². The molecule has 1 rings (SSSR count). The maximum Gasteiger partial charge on any atom is 0.433 e. The molecular weight excluding hydrogens is 243 g/mol. The Balaban J connectivity index is 3.05. The Morgan fingerprint density at radius 2 is 2.06 bits per heavy atom. The number of pyridine rings is 1. The van der Waals surface area contributed by atoms with Gasteiger partial charge in [0.15, 0.2) is 0 Å². The SMILES string of the molecule is OCCC#Cc1cc(Cl)nc(C(F)(F)F)c1. The topological polar surface area (TPSA) is 33.1 Å². The normalized spacial score (nSPS) is 10.8. The smallest absolute Gasteiger partial charge is 0.395 e. The minimum atomic E-state index is -4.54. The number of nitrogens with zero attached hydrogens (tertiary/aromatic N) is 1. The van der Waals surface area contributed by atoms with Gasteiger partial charge < -0.3 is 5.11 Å². The second-order valence-electron chi connectivity index (χ2n) is 2.84. The minimum Gasteiger partial charge on any atom is -0.395 e. The lowest BCUT2D eigenvalue weighted by atomic mass is 10.2. The number of aliphatic hydroxyl groups excluding tert-OH is 1. The van der Waals surface area contributed by atoms with E-state index < -0.39 is 11.9 Å². The molecule has 0 aliphatic heterocycles. The van der Waals surface area contributed by atoms with Crippen molar-refractivity contribution in [3.05, 3.63) is 28.5 Å². The molecule has 1 heterocycles. The molecule has 86 valence electrons. The fourth-order valence-corrected chi connectivity index (χ4v) is 1.14. The molecule has 6 heteroatoms.